The van der Waals surface area contributed by atoms with E-state index in [-0.39, 0.29) is 30.1 Å². The number of benzene rings is 2. The van der Waals surface area contributed by atoms with Gasteiger partial charge in [-0.25, -0.2) is 0 Å². The molecule has 0 saturated carbocycles. The van der Waals surface area contributed by atoms with Crippen LogP contribution in [0.1, 0.15) is 34.3 Å². The zero-order valence-electron chi connectivity index (χ0n) is 15.5. The summed E-state index contributed by atoms with van der Waals surface area (Å²) in [5.41, 5.74) is 2.92. The van der Waals surface area contributed by atoms with Crippen molar-refractivity contribution in [3.8, 4) is 0 Å². The normalized spacial score (nSPS) is 10.8. The molecule has 0 aliphatic rings. The molecule has 1 aromatic heterocycles. The van der Waals surface area contributed by atoms with Crippen molar-refractivity contribution in [1.82, 2.24) is 10.3 Å². The van der Waals surface area contributed by atoms with Crippen LogP contribution in [0.15, 0.2) is 53.3 Å². The molecule has 0 fully saturated rings. The van der Waals surface area contributed by atoms with Gasteiger partial charge in [-0.2, -0.15) is 0 Å². The number of ketones is 1. The maximum Gasteiger partial charge on any atom is 0.251 e. The lowest BCUT2D eigenvalue weighted by atomic mass is 10.1. The molecule has 3 aromatic rings. The van der Waals surface area contributed by atoms with Gasteiger partial charge in [0.1, 0.15) is 0 Å². The van der Waals surface area contributed by atoms with E-state index in [4.69, 9.17) is 11.6 Å². The number of hydrogen-bond acceptors (Lipinski definition) is 3. The molecule has 0 radical (unpaired) electrons. The zero-order chi connectivity index (χ0) is 20.1. The van der Waals surface area contributed by atoms with Gasteiger partial charge in [-0.3, -0.25) is 14.4 Å². The second kappa shape index (κ2) is 8.85. The van der Waals surface area contributed by atoms with Crippen molar-refractivity contribution in [1.29, 1.82) is 0 Å². The van der Waals surface area contributed by atoms with Crippen LogP contribution in [0.2, 0.25) is 5.02 Å². The number of hydrogen-bond donors (Lipinski definition) is 2. The molecule has 0 saturated heterocycles. The molecule has 2 aromatic carbocycles. The van der Waals surface area contributed by atoms with Gasteiger partial charge in [0.05, 0.1) is 0 Å². The standard InChI is InChI=1S/C22H21ClN2O3/c1-14-2-7-19-17(12-14)13-16(22(28)25-19)10-11-24-21(27)9-8-20(26)15-3-5-18(23)6-4-15/h2-7,12-13H,8-11H2,1H3,(H,24,27)(H,25,28). The van der Waals surface area contributed by atoms with Crippen LogP contribution in [0.4, 0.5) is 0 Å². The summed E-state index contributed by atoms with van der Waals surface area (Å²) in [5.74, 6) is -0.316. The quantitative estimate of drug-likeness (QED) is 0.596. The van der Waals surface area contributed by atoms with Gasteiger partial charge in [-0.15, -0.1) is 0 Å². The lowest BCUT2D eigenvalue weighted by molar-refractivity contribution is -0.121. The van der Waals surface area contributed by atoms with Crippen LogP contribution >= 0.6 is 11.6 Å². The topological polar surface area (TPSA) is 79.0 Å². The number of fused-ring (bicyclic) bond motifs is 1. The average Bonchev–Trinajstić information content (AvgIpc) is 2.67. The molecule has 0 unspecified atom stereocenters. The molecule has 0 spiro atoms. The van der Waals surface area contributed by atoms with Gasteiger partial charge in [0.25, 0.3) is 5.56 Å². The number of pyridine rings is 1. The van der Waals surface area contributed by atoms with E-state index < -0.39 is 0 Å². The number of halogens is 1. The highest BCUT2D eigenvalue weighted by Gasteiger charge is 2.10. The van der Waals surface area contributed by atoms with Crippen molar-refractivity contribution >= 4 is 34.2 Å². The number of H-pyrrole nitrogens is 1. The number of rotatable bonds is 7. The molecule has 5 nitrogen and oxygen atoms in total. The molecular formula is C22H21ClN2O3. The number of Topliss-reactive ketones (excluding diaryl/α,β-unsaturated/α-hetero) is 1. The molecule has 0 bridgehead atoms. The van der Waals surface area contributed by atoms with Gasteiger partial charge in [0.15, 0.2) is 5.78 Å². The number of aromatic amines is 1. The largest absolute Gasteiger partial charge is 0.356 e. The van der Waals surface area contributed by atoms with Crippen LogP contribution in [0.3, 0.4) is 0 Å². The SMILES string of the molecule is Cc1ccc2[nH]c(=O)c(CCNC(=O)CCC(=O)c3ccc(Cl)cc3)cc2c1. The van der Waals surface area contributed by atoms with Crippen LogP contribution in [-0.2, 0) is 11.2 Å². The Bertz CT molecular complexity index is 1070. The molecular weight excluding hydrogens is 376 g/mol. The van der Waals surface area contributed by atoms with E-state index in [2.05, 4.69) is 10.3 Å². The van der Waals surface area contributed by atoms with Crippen molar-refractivity contribution < 1.29 is 9.59 Å². The summed E-state index contributed by atoms with van der Waals surface area (Å²) in [4.78, 5) is 39.1. The molecule has 3 rings (SSSR count). The number of nitrogens with one attached hydrogen (secondary N) is 2. The Balaban J connectivity index is 1.50. The Hall–Kier alpha value is -2.92. The summed E-state index contributed by atoms with van der Waals surface area (Å²) in [7, 11) is 0. The van der Waals surface area contributed by atoms with Crippen LogP contribution in [0.5, 0.6) is 0 Å². The van der Waals surface area contributed by atoms with Gasteiger partial charge in [0, 0.05) is 41.1 Å². The lowest BCUT2D eigenvalue weighted by Gasteiger charge is -2.07. The number of carbonyl (C=O) groups is 2. The molecule has 144 valence electrons. The van der Waals surface area contributed by atoms with Crippen LogP contribution in [0, 0.1) is 6.92 Å². The molecule has 28 heavy (non-hydrogen) atoms. The summed E-state index contributed by atoms with van der Waals surface area (Å²) in [6.07, 6.45) is 0.661. The third-order valence-corrected chi connectivity index (χ3v) is 4.79. The Morgan fingerprint density at radius 1 is 1.04 bits per heavy atom. The fourth-order valence-corrected chi connectivity index (χ4v) is 3.12. The number of carbonyl (C=O) groups excluding carboxylic acids is 2. The fraction of sp³-hybridized carbons (Fsp3) is 0.227. The van der Waals surface area contributed by atoms with E-state index in [0.29, 0.717) is 29.1 Å². The van der Waals surface area contributed by atoms with Gasteiger partial charge < -0.3 is 10.3 Å². The minimum atomic E-state index is -0.213. The van der Waals surface area contributed by atoms with E-state index >= 15 is 0 Å². The van der Waals surface area contributed by atoms with Gasteiger partial charge in [-0.05, 0) is 61.2 Å². The second-order valence-electron chi connectivity index (χ2n) is 6.74. The minimum Gasteiger partial charge on any atom is -0.356 e. The Morgan fingerprint density at radius 3 is 2.54 bits per heavy atom. The highest BCUT2D eigenvalue weighted by molar-refractivity contribution is 6.30. The first kappa shape index (κ1) is 19.8. The molecule has 0 aliphatic heterocycles. The molecule has 1 amide bonds. The average molecular weight is 397 g/mol. The molecule has 0 atom stereocenters. The molecule has 2 N–H and O–H groups in total. The number of amides is 1. The Labute approximate surface area is 167 Å². The first-order chi connectivity index (χ1) is 13.4. The van der Waals surface area contributed by atoms with Gasteiger partial charge >= 0.3 is 0 Å². The lowest BCUT2D eigenvalue weighted by Crippen LogP contribution is -2.27. The fourth-order valence-electron chi connectivity index (χ4n) is 2.99. The Kier molecular flexibility index (Phi) is 6.26. The summed E-state index contributed by atoms with van der Waals surface area (Å²) < 4.78 is 0. The van der Waals surface area contributed by atoms with E-state index in [1.54, 1.807) is 24.3 Å². The maximum atomic E-state index is 12.2. The van der Waals surface area contributed by atoms with Crippen molar-refractivity contribution in [2.75, 3.05) is 6.54 Å². The van der Waals surface area contributed by atoms with E-state index in [9.17, 15) is 14.4 Å². The van der Waals surface area contributed by atoms with E-state index in [1.165, 1.54) is 0 Å². The molecule has 0 aliphatic carbocycles. The first-order valence-electron chi connectivity index (χ1n) is 9.10. The molecule has 1 heterocycles. The third-order valence-electron chi connectivity index (χ3n) is 4.54. The van der Waals surface area contributed by atoms with Crippen molar-refractivity contribution in [2.45, 2.75) is 26.2 Å². The smallest absolute Gasteiger partial charge is 0.251 e. The van der Waals surface area contributed by atoms with Crippen molar-refractivity contribution in [2.24, 2.45) is 0 Å². The van der Waals surface area contributed by atoms with Crippen molar-refractivity contribution in [3.05, 3.63) is 80.6 Å². The minimum absolute atomic E-state index is 0.104. The van der Waals surface area contributed by atoms with Crippen LogP contribution in [-0.4, -0.2) is 23.2 Å². The van der Waals surface area contributed by atoms with Gasteiger partial charge in [0.2, 0.25) is 5.91 Å². The summed E-state index contributed by atoms with van der Waals surface area (Å²) >= 11 is 5.80. The predicted octanol–water partition coefficient (Wildman–Crippen LogP) is 3.81. The monoisotopic (exact) mass is 396 g/mol. The predicted molar refractivity (Wildman–Crippen MR) is 111 cm³/mol. The highest BCUT2D eigenvalue weighted by Crippen LogP contribution is 2.14. The summed E-state index contributed by atoms with van der Waals surface area (Å²) in [6.45, 7) is 2.34. The van der Waals surface area contributed by atoms with E-state index in [1.807, 2.05) is 31.2 Å². The summed E-state index contributed by atoms with van der Waals surface area (Å²) in [5, 5.41) is 4.30. The zero-order valence-corrected chi connectivity index (χ0v) is 16.3. The number of aromatic nitrogens is 1. The van der Waals surface area contributed by atoms with E-state index in [0.717, 1.165) is 16.5 Å². The molecule has 6 heteroatoms. The van der Waals surface area contributed by atoms with Gasteiger partial charge in [-0.1, -0.05) is 23.2 Å². The second-order valence-corrected chi connectivity index (χ2v) is 7.18. The van der Waals surface area contributed by atoms with Crippen molar-refractivity contribution in [3.63, 3.8) is 0 Å². The maximum absolute atomic E-state index is 12.2. The first-order valence-corrected chi connectivity index (χ1v) is 9.48. The highest BCUT2D eigenvalue weighted by atomic mass is 35.5. The van der Waals surface area contributed by atoms with Crippen LogP contribution in [0.25, 0.3) is 10.9 Å². The number of aryl methyl sites for hydroxylation is 1. The third kappa shape index (κ3) is 5.08. The van der Waals surface area contributed by atoms with Crippen LogP contribution < -0.4 is 10.9 Å². The Morgan fingerprint density at radius 2 is 1.79 bits per heavy atom. The summed E-state index contributed by atoms with van der Waals surface area (Å²) in [6, 6.07) is 14.3.